The zero-order chi connectivity index (χ0) is 16.6. The minimum atomic E-state index is 0. The van der Waals surface area contributed by atoms with Gasteiger partial charge in [0.15, 0.2) is 0 Å². The number of nitrogens with two attached hydrogens (primary N) is 2. The van der Waals surface area contributed by atoms with Crippen molar-refractivity contribution in [2.75, 3.05) is 37.1 Å². The van der Waals surface area contributed by atoms with Gasteiger partial charge in [-0.3, -0.25) is 0 Å². The van der Waals surface area contributed by atoms with E-state index in [1.807, 2.05) is 0 Å². The van der Waals surface area contributed by atoms with E-state index in [1.54, 1.807) is 13.3 Å². The minimum absolute atomic E-state index is 0. The highest BCUT2D eigenvalue weighted by Gasteiger charge is 2.24. The van der Waals surface area contributed by atoms with Crippen molar-refractivity contribution >= 4 is 42.3 Å². The molecule has 1 atom stereocenters. The average Bonchev–Trinajstić information content (AvgIpc) is 2.53. The maximum atomic E-state index is 5.96. The highest BCUT2D eigenvalue weighted by Crippen LogP contribution is 2.42. The first-order chi connectivity index (χ1) is 11.0. The lowest BCUT2D eigenvalue weighted by Gasteiger charge is -2.33. The van der Waals surface area contributed by atoms with Crippen molar-refractivity contribution in [2.45, 2.75) is 25.7 Å². The molecule has 0 saturated heterocycles. The quantitative estimate of drug-likeness (QED) is 0.843. The second kappa shape index (κ2) is 8.45. The fourth-order valence-electron chi connectivity index (χ4n) is 3.18. The average molecular weight is 386 g/mol. The first-order valence-corrected chi connectivity index (χ1v) is 7.78. The van der Waals surface area contributed by atoms with Gasteiger partial charge >= 0.3 is 0 Å². The van der Waals surface area contributed by atoms with Gasteiger partial charge in [-0.1, -0.05) is 13.0 Å². The summed E-state index contributed by atoms with van der Waals surface area (Å²) in [6, 6.07) is 4.32. The minimum Gasteiger partial charge on any atom is -0.495 e. The molecule has 2 heterocycles. The molecule has 3 rings (SSSR count). The van der Waals surface area contributed by atoms with Crippen LogP contribution in [0.3, 0.4) is 0 Å². The van der Waals surface area contributed by atoms with E-state index in [9.17, 15) is 0 Å². The summed E-state index contributed by atoms with van der Waals surface area (Å²) in [5.41, 5.74) is 16.0. The van der Waals surface area contributed by atoms with Crippen LogP contribution in [0.1, 0.15) is 36.0 Å². The summed E-state index contributed by atoms with van der Waals surface area (Å²) < 4.78 is 5.63. The summed E-state index contributed by atoms with van der Waals surface area (Å²) in [4.78, 5) is 10.3. The highest BCUT2D eigenvalue weighted by molar-refractivity contribution is 5.85. The number of benzene rings is 1. The van der Waals surface area contributed by atoms with Gasteiger partial charge in [-0.25, -0.2) is 4.98 Å². The number of nitrogens with zero attached hydrogens (tertiary/aromatic N) is 3. The number of hydrogen-bond donors (Lipinski definition) is 2. The van der Waals surface area contributed by atoms with Crippen LogP contribution >= 0.6 is 24.8 Å². The van der Waals surface area contributed by atoms with Crippen molar-refractivity contribution in [3.8, 4) is 5.75 Å². The lowest BCUT2D eigenvalue weighted by atomic mass is 9.89. The van der Waals surface area contributed by atoms with Crippen molar-refractivity contribution < 1.29 is 4.74 Å². The normalized spacial score (nSPS) is 15.6. The molecule has 1 unspecified atom stereocenters. The van der Waals surface area contributed by atoms with Crippen LogP contribution in [0.4, 0.5) is 17.5 Å². The molecule has 1 aromatic heterocycles. The fraction of sp³-hybridized carbons (Fsp3) is 0.412. The number of methoxy groups -OCH3 is 1. The summed E-state index contributed by atoms with van der Waals surface area (Å²) in [6.07, 6.45) is 3.49. The lowest BCUT2D eigenvalue weighted by Crippen LogP contribution is -2.27. The Bertz CT molecular complexity index is 741. The number of rotatable bonds is 3. The van der Waals surface area contributed by atoms with Gasteiger partial charge in [0.1, 0.15) is 11.6 Å². The van der Waals surface area contributed by atoms with Gasteiger partial charge in [0.05, 0.1) is 12.8 Å². The van der Waals surface area contributed by atoms with Gasteiger partial charge in [-0.15, -0.1) is 24.8 Å². The van der Waals surface area contributed by atoms with Crippen LogP contribution in [0, 0.1) is 0 Å². The first kappa shape index (κ1) is 21.1. The zero-order valence-electron chi connectivity index (χ0n) is 14.7. The van der Waals surface area contributed by atoms with E-state index in [0.717, 1.165) is 29.8 Å². The Labute approximate surface area is 160 Å². The Kier molecular flexibility index (Phi) is 7.14. The van der Waals surface area contributed by atoms with Crippen LogP contribution in [-0.4, -0.2) is 30.7 Å². The zero-order valence-corrected chi connectivity index (χ0v) is 16.3. The Balaban J connectivity index is 0.00000156. The van der Waals surface area contributed by atoms with Crippen LogP contribution in [0.2, 0.25) is 0 Å². The van der Waals surface area contributed by atoms with Gasteiger partial charge in [0, 0.05) is 31.8 Å². The molecular weight excluding hydrogens is 361 g/mol. The van der Waals surface area contributed by atoms with Crippen molar-refractivity contribution in [3.63, 3.8) is 0 Å². The van der Waals surface area contributed by atoms with Crippen molar-refractivity contribution in [2.24, 2.45) is 0 Å². The predicted octanol–water partition coefficient (Wildman–Crippen LogP) is 3.03. The van der Waals surface area contributed by atoms with Gasteiger partial charge < -0.3 is 21.1 Å². The van der Waals surface area contributed by atoms with Crippen LogP contribution in [0.5, 0.6) is 5.75 Å². The maximum absolute atomic E-state index is 5.96. The van der Waals surface area contributed by atoms with E-state index in [2.05, 4.69) is 41.0 Å². The fourth-order valence-corrected chi connectivity index (χ4v) is 3.18. The third kappa shape index (κ3) is 4.19. The van der Waals surface area contributed by atoms with Crippen LogP contribution in [0.15, 0.2) is 18.3 Å². The molecule has 6 nitrogen and oxygen atoms in total. The molecule has 1 aliphatic heterocycles. The molecule has 2 aromatic rings. The number of aromatic nitrogens is 2. The molecule has 0 bridgehead atoms. The third-order valence-corrected chi connectivity index (χ3v) is 4.51. The molecule has 25 heavy (non-hydrogen) atoms. The number of anilines is 3. The van der Waals surface area contributed by atoms with E-state index < -0.39 is 0 Å². The Hall–Kier alpha value is -1.92. The van der Waals surface area contributed by atoms with Gasteiger partial charge in [0.25, 0.3) is 0 Å². The third-order valence-electron chi connectivity index (χ3n) is 4.51. The summed E-state index contributed by atoms with van der Waals surface area (Å²) in [5.74, 6) is 2.04. The first-order valence-electron chi connectivity index (χ1n) is 7.78. The predicted molar refractivity (Wildman–Crippen MR) is 107 cm³/mol. The molecule has 8 heteroatoms. The lowest BCUT2D eigenvalue weighted by molar-refractivity contribution is 0.411. The molecule has 0 saturated carbocycles. The number of hydrogen-bond acceptors (Lipinski definition) is 6. The second-order valence-electron chi connectivity index (χ2n) is 6.16. The molecule has 0 fully saturated rings. The highest BCUT2D eigenvalue weighted by atomic mass is 35.5. The van der Waals surface area contributed by atoms with E-state index >= 15 is 0 Å². The maximum Gasteiger partial charge on any atom is 0.221 e. The van der Waals surface area contributed by atoms with Crippen molar-refractivity contribution in [3.05, 3.63) is 35.0 Å². The molecule has 0 amide bonds. The number of fused-ring (bicyclic) bond motifs is 1. The summed E-state index contributed by atoms with van der Waals surface area (Å²) in [7, 11) is 3.83. The van der Waals surface area contributed by atoms with Gasteiger partial charge in [0.2, 0.25) is 5.95 Å². The molecule has 0 aliphatic carbocycles. The number of ether oxygens (including phenoxy) is 1. The monoisotopic (exact) mass is 385 g/mol. The van der Waals surface area contributed by atoms with E-state index in [0.29, 0.717) is 18.2 Å². The molecule has 1 aromatic carbocycles. The second-order valence-corrected chi connectivity index (χ2v) is 6.16. The molecule has 1 aliphatic rings. The summed E-state index contributed by atoms with van der Waals surface area (Å²) >= 11 is 0. The molecule has 0 radical (unpaired) electrons. The SMILES string of the molecule is COc1cc(Cc2cnc(N)nc2N)cc2c1N(C)CCC2C.Cl.Cl. The largest absolute Gasteiger partial charge is 0.495 e. The topological polar surface area (TPSA) is 90.3 Å². The Morgan fingerprint density at radius 2 is 2.00 bits per heavy atom. The number of halogens is 2. The standard InChI is InChI=1S/C17H23N5O.2ClH/c1-10-4-5-22(2)15-13(10)7-11(8-14(15)23-3)6-12-9-20-17(19)21-16(12)18;;/h7-10H,4-6H2,1-3H3,(H4,18,19,20,21);2*1H. The molecular formula is C17H25Cl2N5O. The Morgan fingerprint density at radius 1 is 1.28 bits per heavy atom. The van der Waals surface area contributed by atoms with Gasteiger partial charge in [-0.2, -0.15) is 4.98 Å². The molecule has 0 spiro atoms. The molecule has 138 valence electrons. The van der Waals surface area contributed by atoms with E-state index in [1.165, 1.54) is 11.3 Å². The van der Waals surface area contributed by atoms with Crippen LogP contribution in [0.25, 0.3) is 0 Å². The van der Waals surface area contributed by atoms with E-state index in [4.69, 9.17) is 16.2 Å². The molecule has 4 N–H and O–H groups in total. The van der Waals surface area contributed by atoms with Crippen LogP contribution < -0.4 is 21.1 Å². The van der Waals surface area contributed by atoms with E-state index in [-0.39, 0.29) is 30.8 Å². The van der Waals surface area contributed by atoms with Gasteiger partial charge in [-0.05, 0) is 29.5 Å². The Morgan fingerprint density at radius 3 is 2.64 bits per heavy atom. The van der Waals surface area contributed by atoms with Crippen LogP contribution in [-0.2, 0) is 6.42 Å². The summed E-state index contributed by atoms with van der Waals surface area (Å²) in [6.45, 7) is 3.30. The van der Waals surface area contributed by atoms with Crippen molar-refractivity contribution in [1.82, 2.24) is 9.97 Å². The summed E-state index contributed by atoms with van der Waals surface area (Å²) in [5, 5.41) is 0. The number of nitrogen functional groups attached to an aromatic ring is 2. The van der Waals surface area contributed by atoms with Crippen molar-refractivity contribution in [1.29, 1.82) is 0 Å². The smallest absolute Gasteiger partial charge is 0.221 e.